The molecular formula is C13H15NO3. The Morgan fingerprint density at radius 1 is 1.47 bits per heavy atom. The zero-order valence-electron chi connectivity index (χ0n) is 9.97. The topological polar surface area (TPSA) is 46.6 Å². The second-order valence-electron chi connectivity index (χ2n) is 4.36. The molecule has 2 rings (SSSR count). The van der Waals surface area contributed by atoms with Crippen molar-refractivity contribution >= 4 is 17.6 Å². The summed E-state index contributed by atoms with van der Waals surface area (Å²) < 4.78 is 4.66. The van der Waals surface area contributed by atoms with Gasteiger partial charge in [0.25, 0.3) is 0 Å². The maximum absolute atomic E-state index is 11.7. The van der Waals surface area contributed by atoms with E-state index in [1.165, 1.54) is 7.11 Å². The average molecular weight is 233 g/mol. The van der Waals surface area contributed by atoms with Gasteiger partial charge in [-0.15, -0.1) is 0 Å². The first-order valence-corrected chi connectivity index (χ1v) is 5.60. The quantitative estimate of drug-likeness (QED) is 0.732. The van der Waals surface area contributed by atoms with Gasteiger partial charge < -0.3 is 9.64 Å². The van der Waals surface area contributed by atoms with Gasteiger partial charge in [-0.25, -0.2) is 4.79 Å². The van der Waals surface area contributed by atoms with Crippen molar-refractivity contribution in [3.63, 3.8) is 0 Å². The molecule has 0 bridgehead atoms. The monoisotopic (exact) mass is 233 g/mol. The minimum Gasteiger partial charge on any atom is -0.465 e. The van der Waals surface area contributed by atoms with Crippen molar-refractivity contribution < 1.29 is 14.3 Å². The van der Waals surface area contributed by atoms with Crippen molar-refractivity contribution in [2.24, 2.45) is 5.92 Å². The number of benzene rings is 1. The molecule has 0 N–H and O–H groups in total. The van der Waals surface area contributed by atoms with Crippen LogP contribution < -0.4 is 4.90 Å². The van der Waals surface area contributed by atoms with Crippen molar-refractivity contribution in [1.29, 1.82) is 0 Å². The zero-order valence-corrected chi connectivity index (χ0v) is 9.97. The summed E-state index contributed by atoms with van der Waals surface area (Å²) in [5, 5.41) is 0. The molecule has 1 aromatic rings. The largest absolute Gasteiger partial charge is 0.465 e. The number of carbonyl (C=O) groups excluding carboxylic acids is 2. The van der Waals surface area contributed by atoms with Crippen LogP contribution in [0.1, 0.15) is 23.7 Å². The molecular weight excluding hydrogens is 218 g/mol. The minimum atomic E-state index is -0.383. The Labute approximate surface area is 100 Å². The van der Waals surface area contributed by atoms with Gasteiger partial charge in [0.05, 0.1) is 12.7 Å². The molecule has 1 fully saturated rings. The number of methoxy groups -OCH3 is 1. The third-order valence-electron chi connectivity index (χ3n) is 2.90. The molecule has 1 atom stereocenters. The number of amides is 1. The highest BCUT2D eigenvalue weighted by molar-refractivity contribution is 5.97. The molecule has 0 radical (unpaired) electrons. The molecule has 0 saturated carbocycles. The van der Waals surface area contributed by atoms with Crippen molar-refractivity contribution in [3.05, 3.63) is 29.8 Å². The fourth-order valence-electron chi connectivity index (χ4n) is 2.05. The van der Waals surface area contributed by atoms with Gasteiger partial charge in [0, 0.05) is 18.7 Å². The number of carbonyl (C=O) groups is 2. The predicted octanol–water partition coefficient (Wildman–Crippen LogP) is 1.85. The van der Waals surface area contributed by atoms with Crippen LogP contribution in [0.25, 0.3) is 0 Å². The number of hydrogen-bond acceptors (Lipinski definition) is 3. The molecule has 17 heavy (non-hydrogen) atoms. The summed E-state index contributed by atoms with van der Waals surface area (Å²) in [4.78, 5) is 24.9. The molecule has 4 nitrogen and oxygen atoms in total. The van der Waals surface area contributed by atoms with E-state index in [4.69, 9.17) is 0 Å². The van der Waals surface area contributed by atoms with Gasteiger partial charge in [0.1, 0.15) is 0 Å². The SMILES string of the molecule is COC(=O)c1cccc(N2CC(C)CC2=O)c1. The molecule has 0 aromatic heterocycles. The van der Waals surface area contributed by atoms with Crippen LogP contribution in [0.4, 0.5) is 5.69 Å². The van der Waals surface area contributed by atoms with Gasteiger partial charge in [0.2, 0.25) is 5.91 Å². The highest BCUT2D eigenvalue weighted by Gasteiger charge is 2.27. The first-order valence-electron chi connectivity index (χ1n) is 5.60. The van der Waals surface area contributed by atoms with Gasteiger partial charge in [-0.1, -0.05) is 13.0 Å². The van der Waals surface area contributed by atoms with E-state index in [0.29, 0.717) is 24.4 Å². The number of rotatable bonds is 2. The fraction of sp³-hybridized carbons (Fsp3) is 0.385. The summed E-state index contributed by atoms with van der Waals surface area (Å²) in [5.41, 5.74) is 1.24. The molecule has 4 heteroatoms. The smallest absolute Gasteiger partial charge is 0.337 e. The maximum atomic E-state index is 11.7. The third kappa shape index (κ3) is 2.30. The number of hydrogen-bond donors (Lipinski definition) is 0. The lowest BCUT2D eigenvalue weighted by molar-refractivity contribution is -0.117. The summed E-state index contributed by atoms with van der Waals surface area (Å²) >= 11 is 0. The number of ether oxygens (including phenoxy) is 1. The van der Waals surface area contributed by atoms with E-state index < -0.39 is 0 Å². The third-order valence-corrected chi connectivity index (χ3v) is 2.90. The van der Waals surface area contributed by atoms with E-state index in [-0.39, 0.29) is 11.9 Å². The van der Waals surface area contributed by atoms with Crippen molar-refractivity contribution in [2.45, 2.75) is 13.3 Å². The standard InChI is InChI=1S/C13H15NO3/c1-9-6-12(15)14(8-9)11-5-3-4-10(7-11)13(16)17-2/h3-5,7,9H,6,8H2,1-2H3. The van der Waals surface area contributed by atoms with E-state index >= 15 is 0 Å². The molecule has 0 aliphatic carbocycles. The lowest BCUT2D eigenvalue weighted by Crippen LogP contribution is -2.24. The van der Waals surface area contributed by atoms with Crippen molar-refractivity contribution in [2.75, 3.05) is 18.6 Å². The van der Waals surface area contributed by atoms with Gasteiger partial charge >= 0.3 is 5.97 Å². The van der Waals surface area contributed by atoms with Crippen LogP contribution in [0.2, 0.25) is 0 Å². The van der Waals surface area contributed by atoms with E-state index in [9.17, 15) is 9.59 Å². The summed E-state index contributed by atoms with van der Waals surface area (Å²) in [6, 6.07) is 6.97. The van der Waals surface area contributed by atoms with Gasteiger partial charge in [-0.05, 0) is 24.1 Å². The molecule has 1 heterocycles. The first kappa shape index (κ1) is 11.6. The maximum Gasteiger partial charge on any atom is 0.337 e. The highest BCUT2D eigenvalue weighted by Crippen LogP contribution is 2.25. The van der Waals surface area contributed by atoms with Crippen molar-refractivity contribution in [1.82, 2.24) is 0 Å². The number of nitrogens with zero attached hydrogens (tertiary/aromatic N) is 1. The Morgan fingerprint density at radius 3 is 2.82 bits per heavy atom. The summed E-state index contributed by atoms with van der Waals surface area (Å²) in [7, 11) is 1.35. The zero-order chi connectivity index (χ0) is 12.4. The Hall–Kier alpha value is -1.84. The van der Waals surface area contributed by atoms with Crippen LogP contribution in [-0.4, -0.2) is 25.5 Å². The summed E-state index contributed by atoms with van der Waals surface area (Å²) in [6.45, 7) is 2.76. The molecule has 1 aliphatic rings. The second kappa shape index (κ2) is 4.57. The van der Waals surface area contributed by atoms with Crippen molar-refractivity contribution in [3.8, 4) is 0 Å². The molecule has 0 spiro atoms. The normalized spacial score (nSPS) is 19.5. The Balaban J connectivity index is 2.27. The van der Waals surface area contributed by atoms with Crippen LogP contribution in [0.15, 0.2) is 24.3 Å². The van der Waals surface area contributed by atoms with Crippen LogP contribution >= 0.6 is 0 Å². The average Bonchev–Trinajstić information content (AvgIpc) is 2.67. The predicted molar refractivity (Wildman–Crippen MR) is 63.9 cm³/mol. The van der Waals surface area contributed by atoms with E-state index in [0.717, 1.165) is 5.69 Å². The van der Waals surface area contributed by atoms with Gasteiger partial charge in [-0.3, -0.25) is 4.79 Å². The van der Waals surface area contributed by atoms with E-state index in [1.54, 1.807) is 23.1 Å². The Kier molecular flexibility index (Phi) is 3.13. The molecule has 1 saturated heterocycles. The Morgan fingerprint density at radius 2 is 2.24 bits per heavy atom. The molecule has 90 valence electrons. The fourth-order valence-corrected chi connectivity index (χ4v) is 2.05. The van der Waals surface area contributed by atoms with Crippen LogP contribution in [0.3, 0.4) is 0 Å². The highest BCUT2D eigenvalue weighted by atomic mass is 16.5. The molecule has 1 amide bonds. The van der Waals surface area contributed by atoms with Crippen LogP contribution in [0, 0.1) is 5.92 Å². The van der Waals surface area contributed by atoms with E-state index in [1.807, 2.05) is 13.0 Å². The summed E-state index contributed by atoms with van der Waals surface area (Å²) in [6.07, 6.45) is 0.572. The second-order valence-corrected chi connectivity index (χ2v) is 4.36. The lowest BCUT2D eigenvalue weighted by Gasteiger charge is -2.16. The first-order chi connectivity index (χ1) is 8.11. The van der Waals surface area contributed by atoms with E-state index in [2.05, 4.69) is 4.74 Å². The Bertz CT molecular complexity index is 456. The number of anilines is 1. The lowest BCUT2D eigenvalue weighted by atomic mass is 10.1. The van der Waals surface area contributed by atoms with Gasteiger partial charge in [-0.2, -0.15) is 0 Å². The molecule has 1 aromatic carbocycles. The van der Waals surface area contributed by atoms with Gasteiger partial charge in [0.15, 0.2) is 0 Å². The molecule has 1 unspecified atom stereocenters. The summed E-state index contributed by atoms with van der Waals surface area (Å²) in [5.74, 6) is 0.0929. The molecule has 1 aliphatic heterocycles. The van der Waals surface area contributed by atoms with Crippen LogP contribution in [-0.2, 0) is 9.53 Å². The van der Waals surface area contributed by atoms with Crippen LogP contribution in [0.5, 0.6) is 0 Å². The number of esters is 1. The minimum absolute atomic E-state index is 0.111.